The van der Waals surface area contributed by atoms with Gasteiger partial charge < -0.3 is 4.90 Å². The van der Waals surface area contributed by atoms with E-state index < -0.39 is 0 Å². The second-order valence-electron chi connectivity index (χ2n) is 8.19. The normalized spacial score (nSPS) is 17.8. The van der Waals surface area contributed by atoms with Gasteiger partial charge in [-0.25, -0.2) is 4.90 Å². The highest BCUT2D eigenvalue weighted by atomic mass is 32.2. The van der Waals surface area contributed by atoms with E-state index in [2.05, 4.69) is 18.7 Å². The van der Waals surface area contributed by atoms with Crippen molar-refractivity contribution < 1.29 is 9.59 Å². The summed E-state index contributed by atoms with van der Waals surface area (Å²) in [6, 6.07) is 17.6. The Bertz CT molecular complexity index is 943. The number of likely N-dealkylation sites (tertiary alicyclic amines) is 1. The number of nitrogens with zero attached hydrogens (tertiary/aromatic N) is 2. The molecule has 2 aromatic carbocycles. The average molecular weight is 421 g/mol. The minimum Gasteiger partial charge on any atom is -0.366 e. The zero-order valence-electron chi connectivity index (χ0n) is 17.6. The SMILES string of the molecule is CC(C)c1ccc(N2C(=O)C(Sc3ccccc3)=C(N3CCCCCC3)C2=O)cc1. The summed E-state index contributed by atoms with van der Waals surface area (Å²) in [7, 11) is 0. The van der Waals surface area contributed by atoms with Gasteiger partial charge in [0.15, 0.2) is 0 Å². The van der Waals surface area contributed by atoms with E-state index >= 15 is 0 Å². The van der Waals surface area contributed by atoms with Crippen molar-refractivity contribution in [2.75, 3.05) is 18.0 Å². The molecule has 4 rings (SSSR count). The van der Waals surface area contributed by atoms with Gasteiger partial charge >= 0.3 is 0 Å². The maximum Gasteiger partial charge on any atom is 0.283 e. The predicted octanol–water partition coefficient (Wildman–Crippen LogP) is 5.56. The van der Waals surface area contributed by atoms with Gasteiger partial charge in [0.25, 0.3) is 11.8 Å². The molecule has 2 aliphatic heterocycles. The number of rotatable bonds is 5. The summed E-state index contributed by atoms with van der Waals surface area (Å²) in [5, 5.41) is 0. The van der Waals surface area contributed by atoms with Crippen molar-refractivity contribution in [3.05, 3.63) is 70.8 Å². The third-order valence-electron chi connectivity index (χ3n) is 5.72. The van der Waals surface area contributed by atoms with E-state index in [0.29, 0.717) is 22.2 Å². The summed E-state index contributed by atoms with van der Waals surface area (Å²) in [5.74, 6) is -0.0120. The molecule has 1 fully saturated rings. The Morgan fingerprint density at radius 2 is 1.43 bits per heavy atom. The van der Waals surface area contributed by atoms with Crippen molar-refractivity contribution in [2.45, 2.75) is 50.3 Å². The lowest BCUT2D eigenvalue weighted by atomic mass is 10.0. The van der Waals surface area contributed by atoms with Crippen molar-refractivity contribution in [3.8, 4) is 0 Å². The van der Waals surface area contributed by atoms with Crippen molar-refractivity contribution in [1.29, 1.82) is 0 Å². The first kappa shape index (κ1) is 20.7. The molecule has 2 heterocycles. The molecule has 30 heavy (non-hydrogen) atoms. The van der Waals surface area contributed by atoms with Gasteiger partial charge in [-0.1, -0.05) is 68.8 Å². The van der Waals surface area contributed by atoms with Gasteiger partial charge in [0.2, 0.25) is 0 Å². The molecule has 0 radical (unpaired) electrons. The highest BCUT2D eigenvalue weighted by Crippen LogP contribution is 2.39. The second-order valence-corrected chi connectivity index (χ2v) is 9.27. The Morgan fingerprint density at radius 1 is 0.800 bits per heavy atom. The molecular weight excluding hydrogens is 392 g/mol. The number of imide groups is 1. The second kappa shape index (κ2) is 9.09. The van der Waals surface area contributed by atoms with Crippen molar-refractivity contribution in [3.63, 3.8) is 0 Å². The van der Waals surface area contributed by atoms with E-state index in [4.69, 9.17) is 0 Å². The molecule has 2 amide bonds. The fourth-order valence-electron chi connectivity index (χ4n) is 4.01. The van der Waals surface area contributed by atoms with Gasteiger partial charge in [-0.05, 0) is 48.6 Å². The molecular formula is C25H28N2O2S. The molecule has 0 saturated carbocycles. The number of amides is 2. The summed E-state index contributed by atoms with van der Waals surface area (Å²) < 4.78 is 0. The van der Waals surface area contributed by atoms with Crippen LogP contribution in [0.25, 0.3) is 0 Å². The van der Waals surface area contributed by atoms with Crippen LogP contribution < -0.4 is 4.90 Å². The summed E-state index contributed by atoms with van der Waals surface area (Å²) in [6.07, 6.45) is 4.45. The van der Waals surface area contributed by atoms with Crippen LogP contribution in [0, 0.1) is 0 Å². The van der Waals surface area contributed by atoms with Gasteiger partial charge in [-0.15, -0.1) is 0 Å². The Balaban J connectivity index is 1.71. The Hall–Kier alpha value is -2.53. The van der Waals surface area contributed by atoms with E-state index in [1.54, 1.807) is 0 Å². The lowest BCUT2D eigenvalue weighted by molar-refractivity contribution is -0.121. The summed E-state index contributed by atoms with van der Waals surface area (Å²) >= 11 is 1.40. The zero-order valence-corrected chi connectivity index (χ0v) is 18.5. The fourth-order valence-corrected chi connectivity index (χ4v) is 5.03. The maximum absolute atomic E-state index is 13.5. The van der Waals surface area contributed by atoms with Crippen molar-refractivity contribution >= 4 is 29.3 Å². The summed E-state index contributed by atoms with van der Waals surface area (Å²) in [4.78, 5) is 32.0. The van der Waals surface area contributed by atoms with Crippen LogP contribution >= 0.6 is 11.8 Å². The van der Waals surface area contributed by atoms with Gasteiger partial charge in [0.05, 0.1) is 5.69 Å². The highest BCUT2D eigenvalue weighted by Gasteiger charge is 2.42. The molecule has 0 N–H and O–H groups in total. The number of carbonyl (C=O) groups is 2. The summed E-state index contributed by atoms with van der Waals surface area (Å²) in [5.41, 5.74) is 2.41. The van der Waals surface area contributed by atoms with Crippen LogP contribution in [0.4, 0.5) is 5.69 Å². The first-order valence-electron chi connectivity index (χ1n) is 10.8. The van der Waals surface area contributed by atoms with Crippen LogP contribution in [0.1, 0.15) is 51.0 Å². The lowest BCUT2D eigenvalue weighted by Gasteiger charge is -2.24. The Labute approximate surface area is 182 Å². The number of thioether (sulfide) groups is 1. The van der Waals surface area contributed by atoms with Crippen LogP contribution in [0.2, 0.25) is 0 Å². The molecule has 156 valence electrons. The standard InChI is InChI=1S/C25H28N2O2S/c1-18(2)19-12-14-20(15-13-19)27-24(28)22(26-16-8-3-4-9-17-26)23(25(27)29)30-21-10-6-5-7-11-21/h5-7,10-15,18H,3-4,8-9,16-17H2,1-2H3. The molecule has 0 spiro atoms. The summed E-state index contributed by atoms with van der Waals surface area (Å²) in [6.45, 7) is 5.92. The van der Waals surface area contributed by atoms with Gasteiger partial charge in [0.1, 0.15) is 10.6 Å². The van der Waals surface area contributed by atoms with Crippen LogP contribution in [0.15, 0.2) is 70.1 Å². The average Bonchev–Trinajstić information content (AvgIpc) is 2.93. The maximum atomic E-state index is 13.5. The van der Waals surface area contributed by atoms with Crippen LogP contribution in [-0.4, -0.2) is 29.8 Å². The predicted molar refractivity (Wildman–Crippen MR) is 122 cm³/mol. The number of anilines is 1. The number of benzene rings is 2. The molecule has 2 aliphatic rings. The largest absolute Gasteiger partial charge is 0.366 e. The van der Waals surface area contributed by atoms with Crippen LogP contribution in [0.3, 0.4) is 0 Å². The van der Waals surface area contributed by atoms with Crippen molar-refractivity contribution in [2.24, 2.45) is 0 Å². The Kier molecular flexibility index (Phi) is 6.28. The first-order chi connectivity index (χ1) is 14.6. The Morgan fingerprint density at radius 3 is 2.03 bits per heavy atom. The van der Waals surface area contributed by atoms with Crippen LogP contribution in [0.5, 0.6) is 0 Å². The van der Waals surface area contributed by atoms with E-state index in [0.717, 1.165) is 30.8 Å². The topological polar surface area (TPSA) is 40.6 Å². The monoisotopic (exact) mass is 420 g/mol. The quantitative estimate of drug-likeness (QED) is 0.594. The lowest BCUT2D eigenvalue weighted by Crippen LogP contribution is -2.35. The molecule has 0 aliphatic carbocycles. The van der Waals surface area contributed by atoms with E-state index in [-0.39, 0.29) is 11.8 Å². The molecule has 0 atom stereocenters. The molecule has 5 heteroatoms. The minimum absolute atomic E-state index is 0.197. The van der Waals surface area contributed by atoms with Crippen molar-refractivity contribution in [1.82, 2.24) is 4.90 Å². The van der Waals surface area contributed by atoms with Gasteiger partial charge in [0, 0.05) is 18.0 Å². The number of carbonyl (C=O) groups excluding carboxylic acids is 2. The van der Waals surface area contributed by atoms with E-state index in [1.807, 2.05) is 54.6 Å². The van der Waals surface area contributed by atoms with Gasteiger partial charge in [-0.2, -0.15) is 0 Å². The molecule has 2 aromatic rings. The molecule has 0 aromatic heterocycles. The van der Waals surface area contributed by atoms with Gasteiger partial charge in [-0.3, -0.25) is 9.59 Å². The number of hydrogen-bond acceptors (Lipinski definition) is 4. The molecule has 1 saturated heterocycles. The first-order valence-corrected chi connectivity index (χ1v) is 11.6. The molecule has 0 unspecified atom stereocenters. The fraction of sp³-hybridized carbons (Fsp3) is 0.360. The zero-order chi connectivity index (χ0) is 21.1. The third kappa shape index (κ3) is 4.17. The third-order valence-corrected chi connectivity index (χ3v) is 6.80. The number of hydrogen-bond donors (Lipinski definition) is 0. The molecule has 0 bridgehead atoms. The smallest absolute Gasteiger partial charge is 0.283 e. The van der Waals surface area contributed by atoms with Crippen LogP contribution in [-0.2, 0) is 9.59 Å². The van der Waals surface area contributed by atoms with E-state index in [9.17, 15) is 9.59 Å². The molecule has 4 nitrogen and oxygen atoms in total. The van der Waals surface area contributed by atoms with E-state index in [1.165, 1.54) is 35.1 Å². The highest BCUT2D eigenvalue weighted by molar-refractivity contribution is 8.04. The minimum atomic E-state index is -0.217.